The minimum Gasteiger partial charge on any atom is -0.481 e. The Kier molecular flexibility index (Phi) is 14.5. The predicted octanol–water partition coefficient (Wildman–Crippen LogP) is 1.17. The highest BCUT2D eigenvalue weighted by atomic mass is 32.2. The van der Waals surface area contributed by atoms with Crippen molar-refractivity contribution in [1.29, 1.82) is 0 Å². The molecule has 0 aromatic carbocycles. The van der Waals surface area contributed by atoms with Gasteiger partial charge in [-0.25, -0.2) is 0 Å². The molecule has 3 unspecified atom stereocenters. The van der Waals surface area contributed by atoms with Crippen LogP contribution in [0.4, 0.5) is 0 Å². The van der Waals surface area contributed by atoms with Crippen molar-refractivity contribution in [2.24, 2.45) is 5.92 Å². The van der Waals surface area contributed by atoms with E-state index in [1.807, 2.05) is 11.8 Å². The SMILES string of the molecule is CN(CCOCCOCCOCCOCCC(=O)O)C(=O)CCCCC1SCC2NC(=O)CC21. The van der Waals surface area contributed by atoms with Crippen LogP contribution < -0.4 is 5.32 Å². The van der Waals surface area contributed by atoms with Gasteiger partial charge in [0.1, 0.15) is 0 Å². The first-order valence-electron chi connectivity index (χ1n) is 12.1. The van der Waals surface area contributed by atoms with Crippen LogP contribution in [0.3, 0.4) is 0 Å². The fraction of sp³-hybridized carbons (Fsp3) is 0.870. The molecule has 0 aliphatic carbocycles. The molecule has 196 valence electrons. The molecule has 2 heterocycles. The summed E-state index contributed by atoms with van der Waals surface area (Å²) >= 11 is 1.96. The smallest absolute Gasteiger partial charge is 0.305 e. The summed E-state index contributed by atoms with van der Waals surface area (Å²) in [5, 5.41) is 12.1. The molecule has 11 heteroatoms. The number of aliphatic carboxylic acids is 1. The van der Waals surface area contributed by atoms with Gasteiger partial charge in [-0.1, -0.05) is 6.42 Å². The van der Waals surface area contributed by atoms with Crippen molar-refractivity contribution < 1.29 is 38.4 Å². The second kappa shape index (κ2) is 17.1. The van der Waals surface area contributed by atoms with Crippen LogP contribution in [0.15, 0.2) is 0 Å². The van der Waals surface area contributed by atoms with Gasteiger partial charge in [0, 0.05) is 49.4 Å². The van der Waals surface area contributed by atoms with Crippen LogP contribution in [0.2, 0.25) is 0 Å². The quantitative estimate of drug-likeness (QED) is 0.235. The summed E-state index contributed by atoms with van der Waals surface area (Å²) in [6, 6.07) is 0.359. The molecular weight excluding hydrogens is 464 g/mol. The normalized spacial score (nSPS) is 21.4. The summed E-state index contributed by atoms with van der Waals surface area (Å²) in [6.45, 7) is 3.78. The maximum Gasteiger partial charge on any atom is 0.305 e. The summed E-state index contributed by atoms with van der Waals surface area (Å²) in [5.41, 5.74) is 0. The minimum absolute atomic E-state index is 0.00347. The lowest BCUT2D eigenvalue weighted by Crippen LogP contribution is -2.30. The first-order valence-corrected chi connectivity index (χ1v) is 13.2. The molecule has 2 saturated heterocycles. The van der Waals surface area contributed by atoms with Crippen LogP contribution in [0, 0.1) is 5.92 Å². The third-order valence-electron chi connectivity index (χ3n) is 5.95. The average Bonchev–Trinajstić information content (AvgIpc) is 3.35. The number of carboxylic acid groups (broad SMARTS) is 1. The number of carbonyl (C=O) groups excluding carboxylic acids is 2. The van der Waals surface area contributed by atoms with E-state index in [0.29, 0.717) is 82.8 Å². The van der Waals surface area contributed by atoms with Crippen molar-refractivity contribution in [1.82, 2.24) is 10.2 Å². The van der Waals surface area contributed by atoms with E-state index in [2.05, 4.69) is 5.32 Å². The van der Waals surface area contributed by atoms with E-state index in [1.165, 1.54) is 0 Å². The van der Waals surface area contributed by atoms with Crippen LogP contribution in [-0.2, 0) is 33.3 Å². The van der Waals surface area contributed by atoms with Gasteiger partial charge in [0.15, 0.2) is 0 Å². The van der Waals surface area contributed by atoms with Crippen molar-refractivity contribution in [2.75, 3.05) is 72.2 Å². The highest BCUT2D eigenvalue weighted by Gasteiger charge is 2.42. The molecule has 2 N–H and O–H groups in total. The molecule has 0 aromatic heterocycles. The molecular formula is C23H40N2O8S. The molecule has 34 heavy (non-hydrogen) atoms. The molecule has 0 aromatic rings. The molecule has 3 atom stereocenters. The molecule has 0 radical (unpaired) electrons. The average molecular weight is 505 g/mol. The van der Waals surface area contributed by atoms with Gasteiger partial charge in [-0.05, 0) is 12.8 Å². The van der Waals surface area contributed by atoms with E-state index >= 15 is 0 Å². The predicted molar refractivity (Wildman–Crippen MR) is 128 cm³/mol. The third-order valence-corrected chi connectivity index (χ3v) is 7.52. The number of thioether (sulfide) groups is 1. The molecule has 2 fully saturated rings. The summed E-state index contributed by atoms with van der Waals surface area (Å²) in [5.74, 6) is 0.947. The number of likely N-dealkylation sites (N-methyl/N-ethyl adjacent to an activating group) is 1. The van der Waals surface area contributed by atoms with E-state index < -0.39 is 5.97 Å². The number of carboxylic acids is 1. The van der Waals surface area contributed by atoms with Gasteiger partial charge in [-0.3, -0.25) is 14.4 Å². The van der Waals surface area contributed by atoms with Gasteiger partial charge in [0.2, 0.25) is 11.8 Å². The van der Waals surface area contributed by atoms with Crippen LogP contribution in [-0.4, -0.2) is 111 Å². The minimum atomic E-state index is -0.875. The number of rotatable bonds is 20. The molecule has 0 bridgehead atoms. The van der Waals surface area contributed by atoms with E-state index in [9.17, 15) is 14.4 Å². The van der Waals surface area contributed by atoms with Gasteiger partial charge < -0.3 is 34.3 Å². The first kappa shape index (κ1) is 28.8. The van der Waals surface area contributed by atoms with Crippen LogP contribution in [0.1, 0.15) is 38.5 Å². The van der Waals surface area contributed by atoms with Crippen LogP contribution in [0.5, 0.6) is 0 Å². The van der Waals surface area contributed by atoms with E-state index in [1.54, 1.807) is 11.9 Å². The number of amides is 2. The number of ether oxygens (including phenoxy) is 4. The number of unbranched alkanes of at least 4 members (excludes halogenated alkanes) is 1. The highest BCUT2D eigenvalue weighted by Crippen LogP contribution is 2.40. The largest absolute Gasteiger partial charge is 0.481 e. The Bertz CT molecular complexity index is 624. The molecule has 0 saturated carbocycles. The maximum atomic E-state index is 12.3. The van der Waals surface area contributed by atoms with Crippen LogP contribution in [0.25, 0.3) is 0 Å². The van der Waals surface area contributed by atoms with E-state index in [0.717, 1.165) is 25.0 Å². The molecule has 2 aliphatic heterocycles. The molecule has 2 amide bonds. The fourth-order valence-corrected chi connectivity index (χ4v) is 5.64. The zero-order valence-corrected chi connectivity index (χ0v) is 21.0. The number of nitrogens with one attached hydrogen (secondary N) is 1. The van der Waals surface area contributed by atoms with Gasteiger partial charge in [-0.15, -0.1) is 0 Å². The fourth-order valence-electron chi connectivity index (χ4n) is 3.99. The molecule has 10 nitrogen and oxygen atoms in total. The zero-order chi connectivity index (χ0) is 24.6. The van der Waals surface area contributed by atoms with E-state index in [-0.39, 0.29) is 24.8 Å². The Morgan fingerprint density at radius 3 is 2.24 bits per heavy atom. The summed E-state index contributed by atoms with van der Waals surface area (Å²) in [7, 11) is 1.80. The van der Waals surface area contributed by atoms with Gasteiger partial charge in [-0.2, -0.15) is 11.8 Å². The van der Waals surface area contributed by atoms with Gasteiger partial charge in [0.25, 0.3) is 0 Å². The van der Waals surface area contributed by atoms with Crippen LogP contribution >= 0.6 is 11.8 Å². The van der Waals surface area contributed by atoms with E-state index in [4.69, 9.17) is 24.1 Å². The Hall–Kier alpha value is -1.40. The number of nitrogens with zero attached hydrogens (tertiary/aromatic N) is 1. The lowest BCUT2D eigenvalue weighted by molar-refractivity contribution is -0.138. The molecule has 0 spiro atoms. The lowest BCUT2D eigenvalue weighted by atomic mass is 9.94. The Labute approximate surface area is 206 Å². The lowest BCUT2D eigenvalue weighted by Gasteiger charge is -2.18. The van der Waals surface area contributed by atoms with Gasteiger partial charge >= 0.3 is 5.97 Å². The second-order valence-corrected chi connectivity index (χ2v) is 9.84. The maximum absolute atomic E-state index is 12.3. The van der Waals surface area contributed by atoms with Crippen molar-refractivity contribution in [3.63, 3.8) is 0 Å². The Balaban J connectivity index is 1.33. The number of hydrogen-bond donors (Lipinski definition) is 2. The Morgan fingerprint density at radius 1 is 0.971 bits per heavy atom. The third kappa shape index (κ3) is 11.8. The molecule has 2 rings (SSSR count). The summed E-state index contributed by atoms with van der Waals surface area (Å²) in [4.78, 5) is 35.9. The first-order chi connectivity index (χ1) is 16.5. The van der Waals surface area contributed by atoms with Crippen molar-refractivity contribution >= 4 is 29.5 Å². The van der Waals surface area contributed by atoms with Crippen molar-refractivity contribution in [3.05, 3.63) is 0 Å². The number of fused-ring (bicyclic) bond motifs is 1. The van der Waals surface area contributed by atoms with Gasteiger partial charge in [0.05, 0.1) is 59.3 Å². The van der Waals surface area contributed by atoms with Crippen molar-refractivity contribution in [3.8, 4) is 0 Å². The molecule has 2 aliphatic rings. The topological polar surface area (TPSA) is 124 Å². The summed E-state index contributed by atoms with van der Waals surface area (Å²) in [6.07, 6.45) is 4.18. The highest BCUT2D eigenvalue weighted by molar-refractivity contribution is 8.00. The van der Waals surface area contributed by atoms with Crippen molar-refractivity contribution in [2.45, 2.75) is 49.8 Å². The Morgan fingerprint density at radius 2 is 1.59 bits per heavy atom. The number of carbonyl (C=O) groups is 3. The summed E-state index contributed by atoms with van der Waals surface area (Å²) < 4.78 is 21.4. The zero-order valence-electron chi connectivity index (χ0n) is 20.2. The monoisotopic (exact) mass is 504 g/mol. The second-order valence-electron chi connectivity index (χ2n) is 8.57. The standard InChI is InChI=1S/C23H40N2O8S/c1-25(7-9-31-11-13-33-15-14-32-12-10-30-8-6-23(28)29)22(27)5-3-2-4-20-18-16-21(26)24-19(18)17-34-20/h18-20H,2-17H2,1H3,(H,24,26)(H,28,29). The number of hydrogen-bond acceptors (Lipinski definition) is 8.